The fraction of sp³-hybridized carbons (Fsp3) is 0.412. The summed E-state index contributed by atoms with van der Waals surface area (Å²) in [5, 5.41) is 4.30. The Bertz CT molecular complexity index is 1690. The largest absolute Gasteiger partial charge is 0.295 e. The highest BCUT2D eigenvalue weighted by atomic mass is 19.1. The maximum absolute atomic E-state index is 13.2. The average Bonchev–Trinajstić information content (AvgIpc) is 3.42. The van der Waals surface area contributed by atoms with Crippen LogP contribution in [0, 0.1) is 5.82 Å². The number of nitrogens with one attached hydrogen (secondary N) is 2. The molecule has 2 atom stereocenters. The lowest BCUT2D eigenvalue weighted by molar-refractivity contribution is -0.137. The lowest BCUT2D eigenvalue weighted by Crippen LogP contribution is -2.54. The molecule has 0 aliphatic carbocycles. The zero-order valence-electron chi connectivity index (χ0n) is 25.9. The van der Waals surface area contributed by atoms with Gasteiger partial charge in [0.1, 0.15) is 17.9 Å². The lowest BCUT2D eigenvalue weighted by Gasteiger charge is -2.27. The molecule has 0 bridgehead atoms. The molecule has 12 nitrogen and oxygen atoms in total. The number of carbonyl (C=O) groups excluding carboxylic acids is 8. The monoisotopic (exact) mass is 646 g/mol. The standard InChI is InChI=1S/C21H26N2O4.C13H9FN2O4/c1-2-3-4-5-6-7-8-14-9-10-15-16(13-14)21(27)23(20(15)26)17-11-12-18(24)22-19(17)25;14-6-1-2-7-8(5-6)13(20)16(12(7)19)9-3-4-10(17)15-11(9)18/h9-10,13,17H,2-8,11-12H2,1H3,(H,22,24,25);1-2,5,9H,3-4H2,(H,15,17,18). The van der Waals surface area contributed by atoms with Gasteiger partial charge in [-0.1, -0.05) is 45.1 Å². The number of benzene rings is 2. The SMILES string of the molecule is CCCCCCCCc1ccc2c(c1)C(=O)N(C1CCC(=O)NC1=O)C2=O.O=C1CCC(N2C(=O)c3ccc(F)cc3C2=O)C(=O)N1. The van der Waals surface area contributed by atoms with E-state index in [1.165, 1.54) is 31.7 Å². The van der Waals surface area contributed by atoms with Crippen LogP contribution in [0.2, 0.25) is 0 Å². The summed E-state index contributed by atoms with van der Waals surface area (Å²) in [7, 11) is 0. The Morgan fingerprint density at radius 1 is 0.617 bits per heavy atom. The summed E-state index contributed by atoms with van der Waals surface area (Å²) in [5.74, 6) is -4.93. The molecule has 4 aliphatic rings. The zero-order chi connectivity index (χ0) is 33.8. The second-order valence-electron chi connectivity index (χ2n) is 12.0. The Labute approximate surface area is 270 Å². The predicted octanol–water partition coefficient (Wildman–Crippen LogP) is 3.22. The van der Waals surface area contributed by atoms with Crippen LogP contribution < -0.4 is 10.6 Å². The minimum atomic E-state index is -1.02. The summed E-state index contributed by atoms with van der Waals surface area (Å²) in [6.45, 7) is 2.20. The summed E-state index contributed by atoms with van der Waals surface area (Å²) < 4.78 is 13.2. The highest BCUT2D eigenvalue weighted by Crippen LogP contribution is 2.30. The van der Waals surface area contributed by atoms with Crippen molar-refractivity contribution < 1.29 is 42.7 Å². The van der Waals surface area contributed by atoms with Crippen LogP contribution in [-0.2, 0) is 25.6 Å². The number of unbranched alkanes of at least 4 members (excludes halogenated alkanes) is 5. The van der Waals surface area contributed by atoms with Crippen LogP contribution in [0.25, 0.3) is 0 Å². The Balaban J connectivity index is 0.000000193. The Morgan fingerprint density at radius 2 is 1.09 bits per heavy atom. The van der Waals surface area contributed by atoms with Gasteiger partial charge >= 0.3 is 0 Å². The first kappa shape index (κ1) is 33.3. The first-order valence-corrected chi connectivity index (χ1v) is 15.9. The average molecular weight is 647 g/mol. The van der Waals surface area contributed by atoms with Gasteiger partial charge in [-0.25, -0.2) is 4.39 Å². The van der Waals surface area contributed by atoms with Gasteiger partial charge in [0.25, 0.3) is 23.6 Å². The van der Waals surface area contributed by atoms with Gasteiger partial charge in [0.15, 0.2) is 0 Å². The Kier molecular flexibility index (Phi) is 10.0. The highest BCUT2D eigenvalue weighted by molar-refractivity contribution is 6.24. The van der Waals surface area contributed by atoms with Gasteiger partial charge in [0, 0.05) is 12.8 Å². The van der Waals surface area contributed by atoms with Crippen molar-refractivity contribution in [3.63, 3.8) is 0 Å². The number of imide groups is 4. The molecule has 0 spiro atoms. The van der Waals surface area contributed by atoms with Crippen LogP contribution in [0.3, 0.4) is 0 Å². The molecule has 0 radical (unpaired) electrons. The van der Waals surface area contributed by atoms with Crippen LogP contribution in [0.1, 0.15) is 118 Å². The van der Waals surface area contributed by atoms with Crippen LogP contribution in [0.4, 0.5) is 4.39 Å². The zero-order valence-corrected chi connectivity index (χ0v) is 25.9. The van der Waals surface area contributed by atoms with E-state index in [-0.39, 0.29) is 42.7 Å². The molecule has 6 rings (SSSR count). The summed E-state index contributed by atoms with van der Waals surface area (Å²) in [4.78, 5) is 97.8. The quantitative estimate of drug-likeness (QED) is 0.309. The molecule has 2 aromatic rings. The number of piperidine rings is 2. The fourth-order valence-corrected chi connectivity index (χ4v) is 6.23. The van der Waals surface area contributed by atoms with Crippen LogP contribution in [0.15, 0.2) is 36.4 Å². The van der Waals surface area contributed by atoms with Crippen molar-refractivity contribution in [2.75, 3.05) is 0 Å². The van der Waals surface area contributed by atoms with E-state index in [1.54, 1.807) is 12.1 Å². The molecular weight excluding hydrogens is 611 g/mol. The molecule has 4 aliphatic heterocycles. The first-order valence-electron chi connectivity index (χ1n) is 15.9. The van der Waals surface area contributed by atoms with E-state index in [1.807, 2.05) is 6.07 Å². The maximum atomic E-state index is 13.2. The van der Waals surface area contributed by atoms with Crippen molar-refractivity contribution >= 4 is 47.3 Å². The molecule has 0 aromatic heterocycles. The molecule has 13 heteroatoms. The van der Waals surface area contributed by atoms with Crippen molar-refractivity contribution in [3.8, 4) is 0 Å². The van der Waals surface area contributed by atoms with E-state index < -0.39 is 59.3 Å². The van der Waals surface area contributed by atoms with E-state index in [9.17, 15) is 42.7 Å². The van der Waals surface area contributed by atoms with E-state index in [0.717, 1.165) is 46.8 Å². The number of fused-ring (bicyclic) bond motifs is 2. The summed E-state index contributed by atoms with van der Waals surface area (Å²) in [6.07, 6.45) is 8.52. The highest BCUT2D eigenvalue weighted by Gasteiger charge is 2.46. The maximum Gasteiger partial charge on any atom is 0.262 e. The van der Waals surface area contributed by atoms with Crippen molar-refractivity contribution in [1.82, 2.24) is 20.4 Å². The third kappa shape index (κ3) is 6.88. The molecule has 2 saturated heterocycles. The smallest absolute Gasteiger partial charge is 0.262 e. The van der Waals surface area contributed by atoms with Crippen molar-refractivity contribution in [3.05, 3.63) is 70.0 Å². The van der Waals surface area contributed by atoms with Gasteiger partial charge in [-0.2, -0.15) is 0 Å². The van der Waals surface area contributed by atoms with E-state index in [2.05, 4.69) is 17.6 Å². The van der Waals surface area contributed by atoms with Gasteiger partial charge in [-0.05, 0) is 61.6 Å². The number of carbonyl (C=O) groups is 8. The number of hydrogen-bond donors (Lipinski definition) is 2. The Morgan fingerprint density at radius 3 is 1.62 bits per heavy atom. The molecule has 2 unspecified atom stereocenters. The fourth-order valence-electron chi connectivity index (χ4n) is 6.23. The number of aryl methyl sites for hydroxylation is 1. The minimum Gasteiger partial charge on any atom is -0.295 e. The number of amides is 8. The third-order valence-corrected chi connectivity index (χ3v) is 8.72. The second kappa shape index (κ2) is 14.1. The van der Waals surface area contributed by atoms with Crippen LogP contribution in [-0.4, -0.2) is 69.1 Å². The van der Waals surface area contributed by atoms with Gasteiger partial charge in [-0.3, -0.25) is 58.8 Å². The number of rotatable bonds is 9. The number of hydrogen-bond acceptors (Lipinski definition) is 8. The van der Waals surface area contributed by atoms with Crippen LogP contribution >= 0.6 is 0 Å². The lowest BCUT2D eigenvalue weighted by atomic mass is 10.0. The summed E-state index contributed by atoms with van der Waals surface area (Å²) >= 11 is 0. The molecular formula is C34H35FN4O8. The summed E-state index contributed by atoms with van der Waals surface area (Å²) in [6, 6.07) is 6.71. The van der Waals surface area contributed by atoms with Crippen molar-refractivity contribution in [2.45, 2.75) is 89.6 Å². The molecule has 47 heavy (non-hydrogen) atoms. The minimum absolute atomic E-state index is 0.0537. The first-order chi connectivity index (χ1) is 22.5. The second-order valence-corrected chi connectivity index (χ2v) is 12.0. The molecule has 246 valence electrons. The topological polar surface area (TPSA) is 167 Å². The van der Waals surface area contributed by atoms with Gasteiger partial charge in [0.2, 0.25) is 23.6 Å². The Hall–Kier alpha value is -5.07. The third-order valence-electron chi connectivity index (χ3n) is 8.72. The molecule has 8 amide bonds. The van der Waals surface area contributed by atoms with Crippen molar-refractivity contribution in [1.29, 1.82) is 0 Å². The molecule has 2 aromatic carbocycles. The molecule has 2 N–H and O–H groups in total. The van der Waals surface area contributed by atoms with E-state index in [0.29, 0.717) is 11.1 Å². The van der Waals surface area contributed by atoms with Crippen LogP contribution in [0.5, 0.6) is 0 Å². The molecule has 2 fully saturated rings. The van der Waals surface area contributed by atoms with Gasteiger partial charge in [-0.15, -0.1) is 0 Å². The van der Waals surface area contributed by atoms with E-state index in [4.69, 9.17) is 0 Å². The van der Waals surface area contributed by atoms with E-state index >= 15 is 0 Å². The van der Waals surface area contributed by atoms with Crippen molar-refractivity contribution in [2.24, 2.45) is 0 Å². The number of halogens is 1. The van der Waals surface area contributed by atoms with Gasteiger partial charge < -0.3 is 0 Å². The molecule has 4 heterocycles. The normalized spacial score (nSPS) is 20.6. The van der Waals surface area contributed by atoms with Gasteiger partial charge in [0.05, 0.1) is 22.3 Å². The predicted molar refractivity (Wildman–Crippen MR) is 163 cm³/mol. The number of nitrogens with zero attached hydrogens (tertiary/aromatic N) is 2. The molecule has 0 saturated carbocycles. The summed E-state index contributed by atoms with van der Waals surface area (Å²) in [5.41, 5.74) is 1.76.